The first-order chi connectivity index (χ1) is 11.6. The Morgan fingerprint density at radius 2 is 2.04 bits per heavy atom. The Labute approximate surface area is 144 Å². The zero-order valence-corrected chi connectivity index (χ0v) is 14.5. The Hall–Kier alpha value is -2.73. The van der Waals surface area contributed by atoms with Gasteiger partial charge in [0.25, 0.3) is 5.91 Å². The maximum atomic E-state index is 12.7. The molecule has 0 radical (unpaired) electrons. The zero-order chi connectivity index (χ0) is 17.1. The lowest BCUT2D eigenvalue weighted by Gasteiger charge is -2.18. The molecule has 0 aliphatic carbocycles. The molecular weight excluding hydrogens is 322 g/mol. The molecule has 0 atom stereocenters. The summed E-state index contributed by atoms with van der Waals surface area (Å²) in [6.07, 6.45) is 1.61. The summed E-state index contributed by atoms with van der Waals surface area (Å²) in [7, 11) is 3.28. The lowest BCUT2D eigenvalue weighted by atomic mass is 10.1. The summed E-state index contributed by atoms with van der Waals surface area (Å²) in [5.74, 6) is 0.391. The number of thiophene rings is 1. The molecule has 0 aliphatic rings. The predicted octanol–water partition coefficient (Wildman–Crippen LogP) is 3.80. The molecule has 0 unspecified atom stereocenters. The van der Waals surface area contributed by atoms with Crippen molar-refractivity contribution in [1.82, 2.24) is 9.97 Å². The summed E-state index contributed by atoms with van der Waals surface area (Å²) in [5, 5.41) is 2.01. The zero-order valence-electron chi connectivity index (χ0n) is 13.7. The highest BCUT2D eigenvalue weighted by Gasteiger charge is 2.17. The second-order valence-corrected chi connectivity index (χ2v) is 6.18. The van der Waals surface area contributed by atoms with E-state index in [4.69, 9.17) is 4.74 Å². The maximum absolute atomic E-state index is 12.7. The highest BCUT2D eigenvalue weighted by Crippen LogP contribution is 2.25. The van der Waals surface area contributed by atoms with Crippen molar-refractivity contribution >= 4 is 22.9 Å². The van der Waals surface area contributed by atoms with Crippen molar-refractivity contribution in [2.75, 3.05) is 19.1 Å². The van der Waals surface area contributed by atoms with Gasteiger partial charge in [-0.05, 0) is 36.6 Å². The van der Waals surface area contributed by atoms with Crippen molar-refractivity contribution in [2.24, 2.45) is 0 Å². The van der Waals surface area contributed by atoms with Gasteiger partial charge in [0.15, 0.2) is 0 Å². The summed E-state index contributed by atoms with van der Waals surface area (Å²) >= 11 is 1.63. The van der Waals surface area contributed by atoms with E-state index in [1.54, 1.807) is 48.7 Å². The molecule has 0 saturated heterocycles. The van der Waals surface area contributed by atoms with Gasteiger partial charge in [-0.1, -0.05) is 6.07 Å². The van der Waals surface area contributed by atoms with Crippen LogP contribution in [0, 0.1) is 6.92 Å². The van der Waals surface area contributed by atoms with E-state index >= 15 is 0 Å². The highest BCUT2D eigenvalue weighted by atomic mass is 32.1. The van der Waals surface area contributed by atoms with E-state index in [2.05, 4.69) is 9.97 Å². The van der Waals surface area contributed by atoms with E-state index in [0.717, 1.165) is 10.6 Å². The number of aromatic nitrogens is 2. The van der Waals surface area contributed by atoms with Gasteiger partial charge in [-0.25, -0.2) is 4.98 Å². The normalized spacial score (nSPS) is 10.5. The summed E-state index contributed by atoms with van der Waals surface area (Å²) in [4.78, 5) is 24.1. The quantitative estimate of drug-likeness (QED) is 0.725. The first-order valence-electron chi connectivity index (χ1n) is 7.40. The highest BCUT2D eigenvalue weighted by molar-refractivity contribution is 7.13. The predicted molar refractivity (Wildman–Crippen MR) is 95.8 cm³/mol. The van der Waals surface area contributed by atoms with Crippen molar-refractivity contribution in [3.05, 3.63) is 59.2 Å². The Morgan fingerprint density at radius 1 is 1.21 bits per heavy atom. The Morgan fingerprint density at radius 3 is 2.62 bits per heavy atom. The number of rotatable bonds is 4. The number of methoxy groups -OCH3 is 1. The van der Waals surface area contributed by atoms with Crippen molar-refractivity contribution in [3.8, 4) is 16.5 Å². The van der Waals surface area contributed by atoms with Crippen LogP contribution in [-0.2, 0) is 0 Å². The van der Waals surface area contributed by atoms with Gasteiger partial charge in [0.05, 0.1) is 40.8 Å². The first kappa shape index (κ1) is 16.1. The smallest absolute Gasteiger partial charge is 0.259 e. The number of ether oxygens (including phenoxy) is 1. The standard InChI is InChI=1S/C18H17N3O2S/c1-12-14(7-8-15(20-12)16-5-4-10-24-16)18(22)21(2)13-6-9-17(23-3)19-11-13/h4-11H,1-3H3. The van der Waals surface area contributed by atoms with E-state index in [-0.39, 0.29) is 5.91 Å². The molecule has 0 saturated carbocycles. The van der Waals surface area contributed by atoms with Crippen LogP contribution in [0.5, 0.6) is 5.88 Å². The monoisotopic (exact) mass is 339 g/mol. The van der Waals surface area contributed by atoms with Gasteiger partial charge in [-0.15, -0.1) is 11.3 Å². The van der Waals surface area contributed by atoms with Gasteiger partial charge in [-0.2, -0.15) is 0 Å². The molecule has 3 aromatic rings. The summed E-state index contributed by atoms with van der Waals surface area (Å²) in [6, 6.07) is 11.2. The lowest BCUT2D eigenvalue weighted by molar-refractivity contribution is 0.0992. The van der Waals surface area contributed by atoms with Gasteiger partial charge in [-0.3, -0.25) is 9.78 Å². The average Bonchev–Trinajstić information content (AvgIpc) is 3.15. The van der Waals surface area contributed by atoms with Gasteiger partial charge >= 0.3 is 0 Å². The van der Waals surface area contributed by atoms with Crippen molar-refractivity contribution < 1.29 is 9.53 Å². The third kappa shape index (κ3) is 3.14. The number of hydrogen-bond donors (Lipinski definition) is 0. The van der Waals surface area contributed by atoms with Crippen molar-refractivity contribution in [1.29, 1.82) is 0 Å². The second-order valence-electron chi connectivity index (χ2n) is 5.23. The summed E-state index contributed by atoms with van der Waals surface area (Å²) in [5.41, 5.74) is 2.86. The number of carbonyl (C=O) groups excluding carboxylic acids is 1. The van der Waals surface area contributed by atoms with Gasteiger partial charge in [0, 0.05) is 13.1 Å². The molecule has 6 heteroatoms. The van der Waals surface area contributed by atoms with Crippen LogP contribution in [0.1, 0.15) is 16.1 Å². The van der Waals surface area contributed by atoms with Gasteiger partial charge in [0.2, 0.25) is 5.88 Å². The molecule has 0 bridgehead atoms. The number of anilines is 1. The van der Waals surface area contributed by atoms with E-state index in [9.17, 15) is 4.79 Å². The minimum Gasteiger partial charge on any atom is -0.481 e. The number of hydrogen-bond acceptors (Lipinski definition) is 5. The molecule has 3 heterocycles. The van der Waals surface area contributed by atoms with E-state index in [1.807, 2.05) is 36.6 Å². The molecule has 0 fully saturated rings. The van der Waals surface area contributed by atoms with Gasteiger partial charge in [0.1, 0.15) is 0 Å². The minimum atomic E-state index is -0.121. The SMILES string of the molecule is COc1ccc(N(C)C(=O)c2ccc(-c3cccs3)nc2C)cn1. The third-order valence-corrected chi connectivity index (χ3v) is 4.60. The van der Waals surface area contributed by atoms with Crippen LogP contribution in [0.3, 0.4) is 0 Å². The topological polar surface area (TPSA) is 55.3 Å². The molecule has 3 aromatic heterocycles. The largest absolute Gasteiger partial charge is 0.481 e. The lowest BCUT2D eigenvalue weighted by Crippen LogP contribution is -2.27. The molecule has 0 aromatic carbocycles. The molecule has 1 amide bonds. The number of pyridine rings is 2. The fourth-order valence-electron chi connectivity index (χ4n) is 2.34. The molecule has 5 nitrogen and oxygen atoms in total. The van der Waals surface area contributed by atoms with Crippen LogP contribution in [0.15, 0.2) is 48.0 Å². The summed E-state index contributed by atoms with van der Waals surface area (Å²) < 4.78 is 5.04. The Bertz CT molecular complexity index is 845. The first-order valence-corrected chi connectivity index (χ1v) is 8.27. The number of carbonyl (C=O) groups is 1. The molecule has 0 spiro atoms. The second kappa shape index (κ2) is 6.80. The van der Waals surface area contributed by atoms with Crippen molar-refractivity contribution in [3.63, 3.8) is 0 Å². The number of nitrogens with zero attached hydrogens (tertiary/aromatic N) is 3. The molecule has 122 valence electrons. The van der Waals surface area contributed by atoms with E-state index in [1.165, 1.54) is 0 Å². The average molecular weight is 339 g/mol. The van der Waals surface area contributed by atoms with Crippen LogP contribution in [-0.4, -0.2) is 30.0 Å². The minimum absolute atomic E-state index is 0.121. The summed E-state index contributed by atoms with van der Waals surface area (Å²) in [6.45, 7) is 1.85. The van der Waals surface area contributed by atoms with Crippen LogP contribution in [0.4, 0.5) is 5.69 Å². The van der Waals surface area contributed by atoms with Crippen LogP contribution < -0.4 is 9.64 Å². The van der Waals surface area contributed by atoms with Crippen LogP contribution >= 0.6 is 11.3 Å². The van der Waals surface area contributed by atoms with Crippen LogP contribution in [0.2, 0.25) is 0 Å². The number of amides is 1. The Kier molecular flexibility index (Phi) is 4.57. The third-order valence-electron chi connectivity index (χ3n) is 3.71. The van der Waals surface area contributed by atoms with Crippen molar-refractivity contribution in [2.45, 2.75) is 6.92 Å². The molecular formula is C18H17N3O2S. The van der Waals surface area contributed by atoms with E-state index < -0.39 is 0 Å². The van der Waals surface area contributed by atoms with E-state index in [0.29, 0.717) is 22.8 Å². The number of aryl methyl sites for hydroxylation is 1. The maximum Gasteiger partial charge on any atom is 0.259 e. The molecule has 0 aliphatic heterocycles. The van der Waals surface area contributed by atoms with Crippen LogP contribution in [0.25, 0.3) is 10.6 Å². The fraction of sp³-hybridized carbons (Fsp3) is 0.167. The molecule has 3 rings (SSSR count). The molecule has 24 heavy (non-hydrogen) atoms. The fourth-order valence-corrected chi connectivity index (χ4v) is 3.03. The molecule has 0 N–H and O–H groups in total. The van der Waals surface area contributed by atoms with Gasteiger partial charge < -0.3 is 9.64 Å². The Balaban J connectivity index is 1.86.